The minimum absolute atomic E-state index is 0.342. The first-order chi connectivity index (χ1) is 7.83. The van der Waals surface area contributed by atoms with Crippen molar-refractivity contribution in [2.75, 3.05) is 6.61 Å². The Morgan fingerprint density at radius 1 is 1.44 bits per heavy atom. The molecule has 84 valence electrons. The van der Waals surface area contributed by atoms with E-state index < -0.39 is 6.04 Å². The summed E-state index contributed by atoms with van der Waals surface area (Å²) >= 11 is 0. The molecule has 0 radical (unpaired) electrons. The number of hydrogen-bond donors (Lipinski definition) is 0. The summed E-state index contributed by atoms with van der Waals surface area (Å²) in [5.74, 6) is -0.342. The highest BCUT2D eigenvalue weighted by Gasteiger charge is 2.34. The summed E-state index contributed by atoms with van der Waals surface area (Å²) in [6.07, 6.45) is 0.958. The van der Waals surface area contributed by atoms with Gasteiger partial charge in [0.05, 0.1) is 6.61 Å². The Morgan fingerprint density at radius 2 is 2.19 bits per heavy atom. The maximum Gasteiger partial charge on any atom is 0.335 e. The first kappa shape index (κ1) is 10.7. The van der Waals surface area contributed by atoms with Gasteiger partial charge in [0, 0.05) is 0 Å². The zero-order valence-corrected chi connectivity index (χ0v) is 9.00. The van der Waals surface area contributed by atoms with Gasteiger partial charge in [-0.25, -0.2) is 9.79 Å². The molecule has 0 fully saturated rings. The summed E-state index contributed by atoms with van der Waals surface area (Å²) in [6, 6.07) is 8.95. The van der Waals surface area contributed by atoms with Crippen molar-refractivity contribution in [3.63, 3.8) is 0 Å². The number of esters is 1. The summed E-state index contributed by atoms with van der Waals surface area (Å²) in [5, 5.41) is 0. The average Bonchev–Trinajstić information content (AvgIpc) is 2.79. The van der Waals surface area contributed by atoms with Crippen molar-refractivity contribution in [1.29, 1.82) is 0 Å². The molecule has 2 atom stereocenters. The van der Waals surface area contributed by atoms with Gasteiger partial charge < -0.3 is 9.47 Å². The summed E-state index contributed by atoms with van der Waals surface area (Å²) < 4.78 is 10.3. The van der Waals surface area contributed by atoms with E-state index in [0.717, 1.165) is 5.56 Å². The maximum atomic E-state index is 11.6. The molecule has 0 saturated carbocycles. The van der Waals surface area contributed by atoms with E-state index in [4.69, 9.17) is 9.47 Å². The molecule has 0 unspecified atom stereocenters. The van der Waals surface area contributed by atoms with Crippen LogP contribution in [-0.2, 0) is 14.3 Å². The highest BCUT2D eigenvalue weighted by atomic mass is 16.5. The molecule has 0 N–H and O–H groups in total. The molecule has 1 heterocycles. The van der Waals surface area contributed by atoms with Gasteiger partial charge in [0.2, 0.25) is 0 Å². The van der Waals surface area contributed by atoms with E-state index in [1.165, 1.54) is 6.40 Å². The fraction of sp³-hybridized carbons (Fsp3) is 0.333. The van der Waals surface area contributed by atoms with E-state index in [1.54, 1.807) is 6.92 Å². The van der Waals surface area contributed by atoms with Crippen molar-refractivity contribution >= 4 is 12.4 Å². The highest BCUT2D eigenvalue weighted by molar-refractivity contribution is 5.80. The molecule has 0 saturated heterocycles. The van der Waals surface area contributed by atoms with Crippen molar-refractivity contribution in [2.45, 2.75) is 19.1 Å². The van der Waals surface area contributed by atoms with E-state index >= 15 is 0 Å². The molecule has 2 rings (SSSR count). The van der Waals surface area contributed by atoms with Crippen LogP contribution in [0, 0.1) is 0 Å². The van der Waals surface area contributed by atoms with E-state index in [1.807, 2.05) is 30.3 Å². The number of benzene rings is 1. The zero-order valence-electron chi connectivity index (χ0n) is 9.00. The number of ether oxygens (including phenoxy) is 2. The standard InChI is InChI=1S/C12H13NO3/c1-2-15-12(14)10-11(16-8-13-10)9-6-4-3-5-7-9/h3-8,10-11H,2H2,1H3/t10-,11+/m0/s1. The molecule has 4 nitrogen and oxygen atoms in total. The number of carbonyl (C=O) groups is 1. The minimum Gasteiger partial charge on any atom is -0.473 e. The Kier molecular flexibility index (Phi) is 3.19. The Bertz CT molecular complexity index is 389. The van der Waals surface area contributed by atoms with Gasteiger partial charge in [-0.05, 0) is 12.5 Å². The fourth-order valence-electron chi connectivity index (χ4n) is 1.63. The van der Waals surface area contributed by atoms with Gasteiger partial charge >= 0.3 is 5.97 Å². The van der Waals surface area contributed by atoms with Gasteiger partial charge in [0.25, 0.3) is 0 Å². The summed E-state index contributed by atoms with van der Waals surface area (Å²) in [6.45, 7) is 2.13. The molecule has 1 aliphatic rings. The number of rotatable bonds is 3. The van der Waals surface area contributed by atoms with Gasteiger partial charge in [-0.15, -0.1) is 0 Å². The second kappa shape index (κ2) is 4.79. The lowest BCUT2D eigenvalue weighted by Gasteiger charge is -2.15. The largest absolute Gasteiger partial charge is 0.473 e. The number of nitrogens with zero attached hydrogens (tertiary/aromatic N) is 1. The smallest absolute Gasteiger partial charge is 0.335 e. The van der Waals surface area contributed by atoms with Crippen LogP contribution < -0.4 is 0 Å². The Balaban J connectivity index is 2.14. The number of aliphatic imine (C=N–C) groups is 1. The minimum atomic E-state index is -0.581. The van der Waals surface area contributed by atoms with E-state index in [-0.39, 0.29) is 12.1 Å². The molecule has 0 amide bonds. The number of carbonyl (C=O) groups excluding carboxylic acids is 1. The van der Waals surface area contributed by atoms with Crippen molar-refractivity contribution in [2.24, 2.45) is 4.99 Å². The summed E-state index contributed by atoms with van der Waals surface area (Å²) in [7, 11) is 0. The van der Waals surface area contributed by atoms with Crippen LogP contribution in [0.4, 0.5) is 0 Å². The van der Waals surface area contributed by atoms with Crippen LogP contribution in [0.1, 0.15) is 18.6 Å². The predicted molar refractivity (Wildman–Crippen MR) is 59.2 cm³/mol. The first-order valence-corrected chi connectivity index (χ1v) is 5.21. The maximum absolute atomic E-state index is 11.6. The van der Waals surface area contributed by atoms with E-state index in [2.05, 4.69) is 4.99 Å². The third-order valence-electron chi connectivity index (χ3n) is 2.37. The van der Waals surface area contributed by atoms with Gasteiger partial charge in [-0.2, -0.15) is 0 Å². The average molecular weight is 219 g/mol. The molecular formula is C12H13NO3. The van der Waals surface area contributed by atoms with Gasteiger partial charge in [0.15, 0.2) is 18.5 Å². The second-order valence-electron chi connectivity index (χ2n) is 3.42. The molecule has 4 heteroatoms. The van der Waals surface area contributed by atoms with Crippen LogP contribution in [0.15, 0.2) is 35.3 Å². The molecule has 16 heavy (non-hydrogen) atoms. The van der Waals surface area contributed by atoms with E-state index in [9.17, 15) is 4.79 Å². The van der Waals surface area contributed by atoms with Crippen LogP contribution in [0.5, 0.6) is 0 Å². The Labute approximate surface area is 93.9 Å². The second-order valence-corrected chi connectivity index (χ2v) is 3.42. The molecule has 1 aromatic rings. The Morgan fingerprint density at radius 3 is 2.88 bits per heavy atom. The summed E-state index contributed by atoms with van der Waals surface area (Å²) in [5.41, 5.74) is 0.929. The Hall–Kier alpha value is -1.84. The fourth-order valence-corrected chi connectivity index (χ4v) is 1.63. The van der Waals surface area contributed by atoms with Crippen LogP contribution in [0.25, 0.3) is 0 Å². The van der Waals surface area contributed by atoms with Crippen LogP contribution in [0.2, 0.25) is 0 Å². The van der Waals surface area contributed by atoms with Crippen molar-refractivity contribution < 1.29 is 14.3 Å². The number of hydrogen-bond acceptors (Lipinski definition) is 4. The molecule has 0 aromatic heterocycles. The highest BCUT2D eigenvalue weighted by Crippen LogP contribution is 2.27. The van der Waals surface area contributed by atoms with Crippen LogP contribution in [-0.4, -0.2) is 25.0 Å². The van der Waals surface area contributed by atoms with Gasteiger partial charge in [-0.3, -0.25) is 0 Å². The van der Waals surface area contributed by atoms with Crippen LogP contribution >= 0.6 is 0 Å². The van der Waals surface area contributed by atoms with Crippen molar-refractivity contribution in [3.05, 3.63) is 35.9 Å². The van der Waals surface area contributed by atoms with Crippen molar-refractivity contribution in [3.8, 4) is 0 Å². The molecule has 0 spiro atoms. The lowest BCUT2D eigenvalue weighted by Crippen LogP contribution is -2.26. The molecule has 1 aromatic carbocycles. The first-order valence-electron chi connectivity index (χ1n) is 5.21. The third-order valence-corrected chi connectivity index (χ3v) is 2.37. The van der Waals surface area contributed by atoms with Gasteiger partial charge in [-0.1, -0.05) is 30.3 Å². The van der Waals surface area contributed by atoms with Crippen molar-refractivity contribution in [1.82, 2.24) is 0 Å². The lowest BCUT2D eigenvalue weighted by atomic mass is 10.0. The topological polar surface area (TPSA) is 47.9 Å². The molecule has 0 aliphatic carbocycles. The quantitative estimate of drug-likeness (QED) is 0.727. The SMILES string of the molecule is CCOC(=O)[C@H]1N=CO[C@@H]1c1ccccc1. The third kappa shape index (κ3) is 2.05. The van der Waals surface area contributed by atoms with E-state index in [0.29, 0.717) is 6.61 Å². The predicted octanol–water partition coefficient (Wildman–Crippen LogP) is 1.72. The molecule has 1 aliphatic heterocycles. The van der Waals surface area contributed by atoms with Gasteiger partial charge in [0.1, 0.15) is 0 Å². The zero-order chi connectivity index (χ0) is 11.4. The normalized spacial score (nSPS) is 22.8. The molecule has 0 bridgehead atoms. The summed E-state index contributed by atoms with van der Waals surface area (Å²) in [4.78, 5) is 15.6. The molecular weight excluding hydrogens is 206 g/mol. The van der Waals surface area contributed by atoms with Crippen LogP contribution in [0.3, 0.4) is 0 Å². The monoisotopic (exact) mass is 219 g/mol. The lowest BCUT2D eigenvalue weighted by molar-refractivity contribution is -0.146.